The number of hydrogen-bond donors (Lipinski definition) is 0. The fourth-order valence-electron chi connectivity index (χ4n) is 3.36. The van der Waals surface area contributed by atoms with Crippen LogP contribution in [0.25, 0.3) is 43.8 Å². The number of para-hydroxylation sites is 1. The predicted octanol–water partition coefficient (Wildman–Crippen LogP) is 1.68. The Morgan fingerprint density at radius 3 is 2.15 bits per heavy atom. The van der Waals surface area contributed by atoms with Gasteiger partial charge in [-0.2, -0.15) is 0 Å². The number of aromatic nitrogens is 2. The Kier molecular flexibility index (Phi) is 4.12. The molecule has 2 heterocycles. The average molecular weight is 328 g/mol. The van der Waals surface area contributed by atoms with Gasteiger partial charge in [0.25, 0.3) is 0 Å². The van der Waals surface area contributed by atoms with Gasteiger partial charge in [-0.05, 0) is 23.1 Å². The smallest absolute Gasteiger partial charge is 0.872 e. The van der Waals surface area contributed by atoms with Crippen molar-refractivity contribution in [1.82, 2.24) is 9.97 Å². The van der Waals surface area contributed by atoms with E-state index < -0.39 is 0 Å². The molecule has 0 fully saturated rings. The second-order valence-electron chi connectivity index (χ2n) is 6.07. The van der Waals surface area contributed by atoms with Crippen LogP contribution in [0.4, 0.5) is 0 Å². The molecule has 0 saturated carbocycles. The molecule has 0 N–H and O–H groups in total. The first-order valence-corrected chi connectivity index (χ1v) is 8.15. The summed E-state index contributed by atoms with van der Waals surface area (Å²) >= 11 is 0. The van der Waals surface area contributed by atoms with Gasteiger partial charge in [-0.3, -0.25) is 4.98 Å². The molecule has 0 atom stereocenters. The molecule has 4 heteroatoms. The Morgan fingerprint density at radius 2 is 1.35 bits per heavy atom. The van der Waals surface area contributed by atoms with Gasteiger partial charge in [0.15, 0.2) is 0 Å². The van der Waals surface area contributed by atoms with Crippen molar-refractivity contribution in [3.8, 4) is 17.0 Å². The molecule has 5 rings (SSSR count). The standard InChI is InChI=1S/C22H14N2O.Li/c25-19-6-2-1-5-17(19)18-12-11-16-10-8-14-7-9-15-4-3-13-23-21(15)20(14)22(16)24-18;/h1-13,25H;/q;+1/p-1. The van der Waals surface area contributed by atoms with Crippen molar-refractivity contribution >= 4 is 32.6 Å². The predicted molar refractivity (Wildman–Crippen MR) is 99.4 cm³/mol. The Morgan fingerprint density at radius 1 is 0.654 bits per heavy atom. The van der Waals surface area contributed by atoms with Gasteiger partial charge in [0.05, 0.1) is 16.7 Å². The minimum Gasteiger partial charge on any atom is -0.872 e. The van der Waals surface area contributed by atoms with Crippen LogP contribution in [-0.2, 0) is 0 Å². The third-order valence-electron chi connectivity index (χ3n) is 4.58. The van der Waals surface area contributed by atoms with Crippen LogP contribution in [0.3, 0.4) is 0 Å². The fraction of sp³-hybridized carbons (Fsp3) is 0. The molecule has 118 valence electrons. The van der Waals surface area contributed by atoms with Gasteiger partial charge in [0, 0.05) is 22.4 Å². The first-order valence-electron chi connectivity index (χ1n) is 8.15. The van der Waals surface area contributed by atoms with Gasteiger partial charge < -0.3 is 5.11 Å². The Balaban J connectivity index is 0.00000168. The summed E-state index contributed by atoms with van der Waals surface area (Å²) in [6.45, 7) is 0. The topological polar surface area (TPSA) is 48.8 Å². The largest absolute Gasteiger partial charge is 1.00 e. The molecule has 0 radical (unpaired) electrons. The van der Waals surface area contributed by atoms with Crippen LogP contribution in [0.15, 0.2) is 79.0 Å². The van der Waals surface area contributed by atoms with E-state index >= 15 is 0 Å². The molecular formula is C22H13LiN2O. The normalized spacial score (nSPS) is 10.9. The zero-order chi connectivity index (χ0) is 16.8. The molecular weight excluding hydrogens is 315 g/mol. The molecule has 0 aliphatic rings. The fourth-order valence-corrected chi connectivity index (χ4v) is 3.36. The quantitative estimate of drug-likeness (QED) is 0.347. The molecule has 0 spiro atoms. The number of fused-ring (bicyclic) bond motifs is 5. The summed E-state index contributed by atoms with van der Waals surface area (Å²) in [5.74, 6) is -0.0161. The van der Waals surface area contributed by atoms with Crippen LogP contribution in [-0.4, -0.2) is 9.97 Å². The van der Waals surface area contributed by atoms with Crippen LogP contribution in [0.2, 0.25) is 0 Å². The first kappa shape index (κ1) is 16.6. The van der Waals surface area contributed by atoms with Crippen molar-refractivity contribution in [1.29, 1.82) is 0 Å². The number of rotatable bonds is 1. The van der Waals surface area contributed by atoms with Crippen LogP contribution >= 0.6 is 0 Å². The maximum absolute atomic E-state index is 12.2. The molecule has 0 amide bonds. The van der Waals surface area contributed by atoms with Crippen LogP contribution < -0.4 is 24.0 Å². The third-order valence-corrected chi connectivity index (χ3v) is 4.58. The van der Waals surface area contributed by atoms with Crippen molar-refractivity contribution in [3.05, 3.63) is 79.0 Å². The van der Waals surface area contributed by atoms with Crippen molar-refractivity contribution in [2.75, 3.05) is 0 Å². The maximum atomic E-state index is 12.2. The summed E-state index contributed by atoms with van der Waals surface area (Å²) in [7, 11) is 0. The van der Waals surface area contributed by atoms with E-state index in [0.29, 0.717) is 11.3 Å². The molecule has 0 aliphatic heterocycles. The molecule has 26 heavy (non-hydrogen) atoms. The minimum atomic E-state index is -0.0161. The molecule has 0 unspecified atom stereocenters. The van der Waals surface area contributed by atoms with Gasteiger partial charge in [0.2, 0.25) is 0 Å². The van der Waals surface area contributed by atoms with E-state index in [9.17, 15) is 5.11 Å². The van der Waals surface area contributed by atoms with Crippen molar-refractivity contribution in [2.45, 2.75) is 0 Å². The molecule has 5 aromatic rings. The third kappa shape index (κ3) is 2.54. The van der Waals surface area contributed by atoms with Crippen molar-refractivity contribution in [3.63, 3.8) is 0 Å². The van der Waals surface area contributed by atoms with E-state index in [4.69, 9.17) is 4.98 Å². The van der Waals surface area contributed by atoms with Gasteiger partial charge in [0.1, 0.15) is 0 Å². The van der Waals surface area contributed by atoms with Crippen LogP contribution in [0, 0.1) is 0 Å². The average Bonchev–Trinajstić information content (AvgIpc) is 2.67. The number of nitrogens with zero attached hydrogens (tertiary/aromatic N) is 2. The van der Waals surface area contributed by atoms with E-state index in [1.165, 1.54) is 0 Å². The second-order valence-corrected chi connectivity index (χ2v) is 6.07. The molecule has 0 aliphatic carbocycles. The Hall–Kier alpha value is -2.86. The zero-order valence-corrected chi connectivity index (χ0v) is 14.3. The van der Waals surface area contributed by atoms with Gasteiger partial charge in [-0.1, -0.05) is 66.4 Å². The molecule has 0 saturated heterocycles. The summed E-state index contributed by atoms with van der Waals surface area (Å²) in [5, 5.41) is 16.4. The number of pyridine rings is 2. The SMILES string of the molecule is [Li+].[O-]c1ccccc1-c1ccc2ccc3ccc4cccnc4c3c2n1. The van der Waals surface area contributed by atoms with E-state index in [1.54, 1.807) is 18.3 Å². The van der Waals surface area contributed by atoms with Crippen LogP contribution in [0.1, 0.15) is 0 Å². The second kappa shape index (κ2) is 6.46. The molecule has 3 aromatic carbocycles. The van der Waals surface area contributed by atoms with E-state index in [2.05, 4.69) is 35.3 Å². The summed E-state index contributed by atoms with van der Waals surface area (Å²) in [6, 6.07) is 23.2. The minimum absolute atomic E-state index is 0. The summed E-state index contributed by atoms with van der Waals surface area (Å²) < 4.78 is 0. The van der Waals surface area contributed by atoms with E-state index in [0.717, 1.165) is 32.6 Å². The Labute approximate surface area is 162 Å². The zero-order valence-electron chi connectivity index (χ0n) is 14.3. The summed E-state index contributed by atoms with van der Waals surface area (Å²) in [5.41, 5.74) is 3.13. The first-order chi connectivity index (χ1) is 12.3. The monoisotopic (exact) mass is 328 g/mol. The van der Waals surface area contributed by atoms with Crippen molar-refractivity contribution < 1.29 is 24.0 Å². The Bertz CT molecular complexity index is 1260. The maximum Gasteiger partial charge on any atom is 1.00 e. The van der Waals surface area contributed by atoms with E-state index in [1.807, 2.05) is 30.3 Å². The van der Waals surface area contributed by atoms with Gasteiger partial charge in [-0.25, -0.2) is 4.98 Å². The molecule has 2 aromatic heterocycles. The summed E-state index contributed by atoms with van der Waals surface area (Å²) in [6.07, 6.45) is 1.80. The molecule has 0 bridgehead atoms. The summed E-state index contributed by atoms with van der Waals surface area (Å²) in [4.78, 5) is 9.42. The number of benzene rings is 3. The van der Waals surface area contributed by atoms with Crippen LogP contribution in [0.5, 0.6) is 5.75 Å². The van der Waals surface area contributed by atoms with Gasteiger partial charge in [-0.15, -0.1) is 0 Å². The number of hydrogen-bond acceptors (Lipinski definition) is 3. The van der Waals surface area contributed by atoms with E-state index in [-0.39, 0.29) is 24.6 Å². The van der Waals surface area contributed by atoms with Crippen molar-refractivity contribution in [2.24, 2.45) is 0 Å². The molecule has 3 nitrogen and oxygen atoms in total. The van der Waals surface area contributed by atoms with Gasteiger partial charge >= 0.3 is 18.9 Å².